The van der Waals surface area contributed by atoms with Gasteiger partial charge in [0.15, 0.2) is 0 Å². The third kappa shape index (κ3) is 2.75. The molecule has 112 valence electrons. The fourth-order valence-electron chi connectivity index (χ4n) is 2.90. The first kappa shape index (κ1) is 14.0. The summed E-state index contributed by atoms with van der Waals surface area (Å²) in [5.41, 5.74) is 2.04. The molecule has 0 amide bonds. The standard InChI is InChI=1S/C13H21N3O3S/c1-19-8-11-6-16(20(2,17)18)7-12-13(11)15(9-14-12)5-10-3-4-10/h9-11H,3-8H2,1-2H3/t11-/m1/s1. The van der Waals surface area contributed by atoms with Crippen LogP contribution >= 0.6 is 0 Å². The van der Waals surface area contributed by atoms with Gasteiger partial charge in [-0.15, -0.1) is 0 Å². The largest absolute Gasteiger partial charge is 0.384 e. The molecule has 0 unspecified atom stereocenters. The molecule has 0 spiro atoms. The minimum atomic E-state index is -3.19. The summed E-state index contributed by atoms with van der Waals surface area (Å²) >= 11 is 0. The summed E-state index contributed by atoms with van der Waals surface area (Å²) < 4.78 is 32.6. The lowest BCUT2D eigenvalue weighted by molar-refractivity contribution is 0.159. The molecule has 7 heteroatoms. The van der Waals surface area contributed by atoms with Crippen molar-refractivity contribution in [3.05, 3.63) is 17.7 Å². The van der Waals surface area contributed by atoms with Gasteiger partial charge in [0.1, 0.15) is 0 Å². The highest BCUT2D eigenvalue weighted by Crippen LogP contribution is 2.34. The van der Waals surface area contributed by atoms with Crippen molar-refractivity contribution in [3.8, 4) is 0 Å². The summed E-state index contributed by atoms with van der Waals surface area (Å²) in [4.78, 5) is 4.44. The number of nitrogens with zero attached hydrogens (tertiary/aromatic N) is 3. The second kappa shape index (κ2) is 5.13. The van der Waals surface area contributed by atoms with E-state index >= 15 is 0 Å². The first-order chi connectivity index (χ1) is 9.49. The third-order valence-electron chi connectivity index (χ3n) is 4.08. The van der Waals surface area contributed by atoms with Crippen LogP contribution in [0.3, 0.4) is 0 Å². The Bertz CT molecular complexity index is 592. The van der Waals surface area contributed by atoms with Crippen LogP contribution in [-0.4, -0.2) is 48.8 Å². The number of ether oxygens (including phenoxy) is 1. The van der Waals surface area contributed by atoms with Crippen molar-refractivity contribution < 1.29 is 13.2 Å². The van der Waals surface area contributed by atoms with Crippen LogP contribution in [0, 0.1) is 5.92 Å². The van der Waals surface area contributed by atoms with Gasteiger partial charge in [0, 0.05) is 31.8 Å². The normalized spacial score (nSPS) is 23.8. The van der Waals surface area contributed by atoms with E-state index in [4.69, 9.17) is 4.74 Å². The number of hydrogen-bond donors (Lipinski definition) is 0. The summed E-state index contributed by atoms with van der Waals surface area (Å²) in [5, 5.41) is 0. The van der Waals surface area contributed by atoms with E-state index in [2.05, 4.69) is 9.55 Å². The molecule has 0 N–H and O–H groups in total. The quantitative estimate of drug-likeness (QED) is 0.806. The average Bonchev–Trinajstić information content (AvgIpc) is 3.08. The Balaban J connectivity index is 1.91. The number of fused-ring (bicyclic) bond motifs is 1. The fourth-order valence-corrected chi connectivity index (χ4v) is 3.71. The molecule has 1 aliphatic carbocycles. The Hall–Kier alpha value is -0.920. The second-order valence-electron chi connectivity index (χ2n) is 5.88. The monoisotopic (exact) mass is 299 g/mol. The maximum Gasteiger partial charge on any atom is 0.211 e. The van der Waals surface area contributed by atoms with Gasteiger partial charge in [-0.25, -0.2) is 13.4 Å². The lowest BCUT2D eigenvalue weighted by atomic mass is 10.0. The molecule has 0 aromatic carbocycles. The number of sulfonamides is 1. The average molecular weight is 299 g/mol. The van der Waals surface area contributed by atoms with Gasteiger partial charge in [0.05, 0.1) is 31.4 Å². The van der Waals surface area contributed by atoms with Crippen LogP contribution in [0.2, 0.25) is 0 Å². The van der Waals surface area contributed by atoms with Crippen LogP contribution < -0.4 is 0 Å². The van der Waals surface area contributed by atoms with Crippen molar-refractivity contribution in [1.82, 2.24) is 13.9 Å². The van der Waals surface area contributed by atoms with Crippen molar-refractivity contribution in [2.75, 3.05) is 26.5 Å². The Morgan fingerprint density at radius 2 is 2.20 bits per heavy atom. The van der Waals surface area contributed by atoms with Crippen LogP contribution in [-0.2, 0) is 27.8 Å². The Labute approximate surface area is 119 Å². The number of methoxy groups -OCH3 is 1. The molecular formula is C13H21N3O3S. The first-order valence-electron chi connectivity index (χ1n) is 6.97. The molecule has 1 fully saturated rings. The van der Waals surface area contributed by atoms with E-state index in [1.807, 2.05) is 6.33 Å². The predicted molar refractivity (Wildman–Crippen MR) is 74.8 cm³/mol. The maximum atomic E-state index is 11.8. The highest BCUT2D eigenvalue weighted by Gasteiger charge is 2.34. The van der Waals surface area contributed by atoms with E-state index < -0.39 is 10.0 Å². The maximum absolute atomic E-state index is 11.8. The highest BCUT2D eigenvalue weighted by molar-refractivity contribution is 7.88. The molecule has 1 aromatic heterocycles. The van der Waals surface area contributed by atoms with E-state index in [0.717, 1.165) is 18.2 Å². The first-order valence-corrected chi connectivity index (χ1v) is 8.82. The SMILES string of the molecule is COC[C@H]1CN(S(C)(=O)=O)Cc2ncn(CC3CC3)c21. The second-order valence-corrected chi connectivity index (χ2v) is 7.86. The van der Waals surface area contributed by atoms with Gasteiger partial charge in [-0.1, -0.05) is 0 Å². The van der Waals surface area contributed by atoms with Gasteiger partial charge in [-0.05, 0) is 18.8 Å². The number of aromatic nitrogens is 2. The third-order valence-corrected chi connectivity index (χ3v) is 5.30. The molecule has 0 saturated heterocycles. The Morgan fingerprint density at radius 1 is 1.45 bits per heavy atom. The Morgan fingerprint density at radius 3 is 2.80 bits per heavy atom. The van der Waals surface area contributed by atoms with Gasteiger partial charge in [-0.3, -0.25) is 0 Å². The summed E-state index contributed by atoms with van der Waals surface area (Å²) in [7, 11) is -1.54. The molecule has 3 rings (SSSR count). The van der Waals surface area contributed by atoms with Crippen molar-refractivity contribution in [2.45, 2.75) is 31.8 Å². The van der Waals surface area contributed by atoms with E-state index in [-0.39, 0.29) is 5.92 Å². The van der Waals surface area contributed by atoms with Gasteiger partial charge in [-0.2, -0.15) is 4.31 Å². The van der Waals surface area contributed by atoms with E-state index in [1.54, 1.807) is 7.11 Å². The van der Waals surface area contributed by atoms with Crippen molar-refractivity contribution >= 4 is 10.0 Å². The van der Waals surface area contributed by atoms with Crippen molar-refractivity contribution in [3.63, 3.8) is 0 Å². The molecule has 1 atom stereocenters. The van der Waals surface area contributed by atoms with Gasteiger partial charge >= 0.3 is 0 Å². The summed E-state index contributed by atoms with van der Waals surface area (Å²) in [6, 6.07) is 0. The number of imidazole rings is 1. The molecule has 20 heavy (non-hydrogen) atoms. The fraction of sp³-hybridized carbons (Fsp3) is 0.769. The molecule has 2 aliphatic rings. The lowest BCUT2D eigenvalue weighted by Gasteiger charge is -2.31. The van der Waals surface area contributed by atoms with Crippen molar-refractivity contribution in [1.29, 1.82) is 0 Å². The highest BCUT2D eigenvalue weighted by atomic mass is 32.2. The van der Waals surface area contributed by atoms with E-state index in [9.17, 15) is 8.42 Å². The van der Waals surface area contributed by atoms with Crippen LogP contribution in [0.25, 0.3) is 0 Å². The molecule has 1 aromatic rings. The Kier molecular flexibility index (Phi) is 3.60. The van der Waals surface area contributed by atoms with E-state index in [0.29, 0.717) is 19.7 Å². The van der Waals surface area contributed by atoms with Crippen LogP contribution in [0.1, 0.15) is 30.1 Å². The zero-order chi connectivity index (χ0) is 14.3. The molecule has 1 saturated carbocycles. The molecule has 1 aliphatic heterocycles. The van der Waals surface area contributed by atoms with E-state index in [1.165, 1.54) is 29.1 Å². The summed E-state index contributed by atoms with van der Waals surface area (Å²) in [6.07, 6.45) is 5.69. The molecular weight excluding hydrogens is 278 g/mol. The molecule has 2 heterocycles. The van der Waals surface area contributed by atoms with Crippen LogP contribution in [0.15, 0.2) is 6.33 Å². The topological polar surface area (TPSA) is 64.4 Å². The molecule has 0 bridgehead atoms. The molecule has 0 radical (unpaired) electrons. The smallest absolute Gasteiger partial charge is 0.211 e. The van der Waals surface area contributed by atoms with Gasteiger partial charge < -0.3 is 9.30 Å². The minimum Gasteiger partial charge on any atom is -0.384 e. The van der Waals surface area contributed by atoms with Gasteiger partial charge in [0.25, 0.3) is 0 Å². The zero-order valence-electron chi connectivity index (χ0n) is 11.9. The van der Waals surface area contributed by atoms with Crippen LogP contribution in [0.4, 0.5) is 0 Å². The summed E-state index contributed by atoms with van der Waals surface area (Å²) in [5.74, 6) is 0.837. The van der Waals surface area contributed by atoms with Gasteiger partial charge in [0.2, 0.25) is 10.0 Å². The zero-order valence-corrected chi connectivity index (χ0v) is 12.8. The van der Waals surface area contributed by atoms with Crippen molar-refractivity contribution in [2.24, 2.45) is 5.92 Å². The number of rotatable bonds is 5. The lowest BCUT2D eigenvalue weighted by Crippen LogP contribution is -2.39. The number of hydrogen-bond acceptors (Lipinski definition) is 4. The predicted octanol–water partition coefficient (Wildman–Crippen LogP) is 0.798. The molecule has 6 nitrogen and oxygen atoms in total. The summed E-state index contributed by atoms with van der Waals surface area (Å²) in [6.45, 7) is 2.39. The van der Waals surface area contributed by atoms with Crippen LogP contribution in [0.5, 0.6) is 0 Å². The minimum absolute atomic E-state index is 0.0692.